The Kier molecular flexibility index (Phi) is 9.92. The van der Waals surface area contributed by atoms with Gasteiger partial charge >= 0.3 is 23.9 Å². The van der Waals surface area contributed by atoms with Crippen molar-refractivity contribution in [2.75, 3.05) is 13.6 Å². The number of aromatic nitrogens is 1. The van der Waals surface area contributed by atoms with Gasteiger partial charge in [0, 0.05) is 34.1 Å². The third-order valence-electron chi connectivity index (χ3n) is 5.45. The summed E-state index contributed by atoms with van der Waals surface area (Å²) in [7, 11) is 2.03. The van der Waals surface area contributed by atoms with Crippen molar-refractivity contribution >= 4 is 46.8 Å². The predicted molar refractivity (Wildman–Crippen MR) is 128 cm³/mol. The Morgan fingerprint density at radius 2 is 1.80 bits per heavy atom. The molecule has 1 aliphatic carbocycles. The quantitative estimate of drug-likeness (QED) is 0.227. The van der Waals surface area contributed by atoms with Crippen LogP contribution < -0.4 is 15.4 Å². The Morgan fingerprint density at radius 3 is 2.34 bits per heavy atom. The predicted octanol–water partition coefficient (Wildman–Crippen LogP) is 1.32. The van der Waals surface area contributed by atoms with Gasteiger partial charge in [0.15, 0.2) is 5.60 Å². The first-order valence-electron chi connectivity index (χ1n) is 10.9. The van der Waals surface area contributed by atoms with Gasteiger partial charge in [0.1, 0.15) is 0 Å². The van der Waals surface area contributed by atoms with E-state index in [4.69, 9.17) is 20.4 Å². The molecule has 1 aromatic carbocycles. The molecule has 1 aliphatic rings. The van der Waals surface area contributed by atoms with Crippen LogP contribution in [0.5, 0.6) is 0 Å². The van der Waals surface area contributed by atoms with Crippen molar-refractivity contribution in [3.05, 3.63) is 29.5 Å². The number of hydrogen-bond donors (Lipinski definition) is 8. The van der Waals surface area contributed by atoms with E-state index in [9.17, 15) is 19.2 Å². The van der Waals surface area contributed by atoms with Gasteiger partial charge in [0.25, 0.3) is 0 Å². The van der Waals surface area contributed by atoms with Gasteiger partial charge in [-0.2, -0.15) is 0 Å². The van der Waals surface area contributed by atoms with E-state index in [1.165, 1.54) is 40.5 Å². The van der Waals surface area contributed by atoms with Gasteiger partial charge in [-0.1, -0.05) is 0 Å². The number of amides is 2. The number of likely N-dealkylation sites (N-methyl/N-ethyl adjacent to an activating group) is 1. The summed E-state index contributed by atoms with van der Waals surface area (Å²) in [5.74, 6) is -5.02. The Hall–Kier alpha value is -3.29. The third kappa shape index (κ3) is 7.87. The van der Waals surface area contributed by atoms with Gasteiger partial charge in [-0.3, -0.25) is 14.3 Å². The molecule has 2 amide bonds. The summed E-state index contributed by atoms with van der Waals surface area (Å²) in [6.45, 7) is 2.53. The summed E-state index contributed by atoms with van der Waals surface area (Å²) < 4.78 is 2.80. The van der Waals surface area contributed by atoms with E-state index in [2.05, 4.69) is 32.5 Å². The van der Waals surface area contributed by atoms with Crippen LogP contribution in [0.2, 0.25) is 0 Å². The zero-order chi connectivity index (χ0) is 26.2. The molecule has 0 saturated carbocycles. The Balaban J connectivity index is 0.000000287. The first-order chi connectivity index (χ1) is 16.5. The zero-order valence-corrected chi connectivity index (χ0v) is 20.2. The highest BCUT2D eigenvalue weighted by Crippen LogP contribution is 2.31. The minimum absolute atomic E-state index is 0.154. The lowest BCUT2D eigenvalue weighted by Gasteiger charge is -2.21. The van der Waals surface area contributed by atoms with Crippen LogP contribution in [0.4, 0.5) is 4.79 Å². The number of aliphatic hydroxyl groups is 1. The van der Waals surface area contributed by atoms with E-state index in [1.807, 2.05) is 20.0 Å². The highest BCUT2D eigenvalue weighted by molar-refractivity contribution is 7.98. The molecule has 192 valence electrons. The normalized spacial score (nSPS) is 14.9. The van der Waals surface area contributed by atoms with Gasteiger partial charge in [0.05, 0.1) is 12.8 Å². The van der Waals surface area contributed by atoms with Crippen molar-refractivity contribution in [2.45, 2.75) is 55.6 Å². The fourth-order valence-corrected chi connectivity index (χ4v) is 4.32. The molecule has 1 unspecified atom stereocenters. The first kappa shape index (κ1) is 28.0. The maximum absolute atomic E-state index is 11.5. The number of H-pyrrole nitrogens is 1. The molecule has 1 heterocycles. The maximum Gasteiger partial charge on any atom is 0.336 e. The second kappa shape index (κ2) is 12.4. The number of aromatic amines is 1. The highest BCUT2D eigenvalue weighted by atomic mass is 32.2. The molecule has 8 N–H and O–H groups in total. The van der Waals surface area contributed by atoms with Gasteiger partial charge in [0.2, 0.25) is 0 Å². The van der Waals surface area contributed by atoms with E-state index < -0.39 is 36.4 Å². The standard InChI is InChI=1S/C16H22N4OS.C6H8O7/c1-3-18-16(21)20-22-11-5-7-15-13(9-11)12-8-10(17-2)4-6-14(12)19-15;7-3(8)1-6(13,5(11)12)2-4(9)10/h5,7,9-10,17,19H,3-4,6,8H2,1-2H3,(H2,18,20,21);13H,1-2H2,(H,7,8)(H,9,10)(H,11,12). The maximum atomic E-state index is 11.5. The number of carboxylic acid groups (broad SMARTS) is 3. The molecule has 1 atom stereocenters. The van der Waals surface area contributed by atoms with Crippen LogP contribution in [0, 0.1) is 0 Å². The van der Waals surface area contributed by atoms with Crippen LogP contribution >= 0.6 is 11.9 Å². The average molecular weight is 511 g/mol. The van der Waals surface area contributed by atoms with Crippen molar-refractivity contribution in [2.24, 2.45) is 0 Å². The van der Waals surface area contributed by atoms with Crippen molar-refractivity contribution in [3.63, 3.8) is 0 Å². The highest BCUT2D eigenvalue weighted by Gasteiger charge is 2.40. The number of nitrogens with one attached hydrogen (secondary N) is 4. The molecule has 0 saturated heterocycles. The molecule has 2 aromatic rings. The van der Waals surface area contributed by atoms with Gasteiger partial charge < -0.3 is 36.0 Å². The molecule has 0 fully saturated rings. The van der Waals surface area contributed by atoms with Crippen molar-refractivity contribution < 1.29 is 39.6 Å². The minimum Gasteiger partial charge on any atom is -0.481 e. The van der Waals surface area contributed by atoms with Gasteiger partial charge in [-0.05, 0) is 68.9 Å². The topological polar surface area (TPSA) is 201 Å². The van der Waals surface area contributed by atoms with Gasteiger partial charge in [-0.25, -0.2) is 9.59 Å². The minimum atomic E-state index is -2.74. The number of fused-ring (bicyclic) bond motifs is 3. The fraction of sp³-hybridized carbons (Fsp3) is 0.455. The first-order valence-corrected chi connectivity index (χ1v) is 11.7. The summed E-state index contributed by atoms with van der Waals surface area (Å²) in [5, 5.41) is 41.2. The molecule has 0 spiro atoms. The molecule has 35 heavy (non-hydrogen) atoms. The molecular formula is C22H30N4O8S. The van der Waals surface area contributed by atoms with Crippen LogP contribution in [-0.2, 0) is 27.2 Å². The number of hydrogen-bond acceptors (Lipinski definition) is 7. The fourth-order valence-electron chi connectivity index (χ4n) is 3.72. The lowest BCUT2D eigenvalue weighted by atomic mass is 9.91. The number of rotatable bonds is 9. The number of aliphatic carboxylic acids is 3. The van der Waals surface area contributed by atoms with E-state index in [-0.39, 0.29) is 6.03 Å². The number of benzene rings is 1. The van der Waals surface area contributed by atoms with E-state index in [0.29, 0.717) is 12.6 Å². The van der Waals surface area contributed by atoms with Crippen LogP contribution in [0.1, 0.15) is 37.4 Å². The lowest BCUT2D eigenvalue weighted by Crippen LogP contribution is -2.42. The van der Waals surface area contributed by atoms with Crippen molar-refractivity contribution in [3.8, 4) is 0 Å². The molecule has 12 nitrogen and oxygen atoms in total. The molecule has 0 aliphatic heterocycles. The number of aryl methyl sites for hydroxylation is 1. The Morgan fingerprint density at radius 1 is 1.14 bits per heavy atom. The number of urea groups is 1. The molecule has 13 heteroatoms. The summed E-state index contributed by atoms with van der Waals surface area (Å²) >= 11 is 1.35. The van der Waals surface area contributed by atoms with Crippen molar-refractivity contribution in [1.82, 2.24) is 20.3 Å². The number of carbonyl (C=O) groups is 4. The summed E-state index contributed by atoms with van der Waals surface area (Å²) in [6, 6.07) is 6.70. The summed E-state index contributed by atoms with van der Waals surface area (Å²) in [5.41, 5.74) is 1.23. The van der Waals surface area contributed by atoms with Crippen LogP contribution in [0.15, 0.2) is 23.1 Å². The Bertz CT molecular complexity index is 1070. The summed E-state index contributed by atoms with van der Waals surface area (Å²) in [6.07, 6.45) is 1.04. The zero-order valence-electron chi connectivity index (χ0n) is 19.4. The lowest BCUT2D eigenvalue weighted by molar-refractivity contribution is -0.170. The monoisotopic (exact) mass is 510 g/mol. The second-order valence-corrected chi connectivity index (χ2v) is 8.94. The molecule has 0 bridgehead atoms. The molecule has 3 rings (SSSR count). The molecule has 1 aromatic heterocycles. The van der Waals surface area contributed by atoms with E-state index >= 15 is 0 Å². The van der Waals surface area contributed by atoms with Crippen LogP contribution in [-0.4, -0.2) is 74.6 Å². The smallest absolute Gasteiger partial charge is 0.336 e. The largest absolute Gasteiger partial charge is 0.481 e. The number of carbonyl (C=O) groups excluding carboxylic acids is 1. The number of carboxylic acids is 3. The van der Waals surface area contributed by atoms with E-state index in [0.717, 1.165) is 17.7 Å². The van der Waals surface area contributed by atoms with Crippen molar-refractivity contribution in [1.29, 1.82) is 0 Å². The van der Waals surface area contributed by atoms with Crippen LogP contribution in [0.25, 0.3) is 10.9 Å². The Labute approximate surface area is 205 Å². The average Bonchev–Trinajstić information content (AvgIpc) is 3.14. The second-order valence-electron chi connectivity index (χ2n) is 8.06. The van der Waals surface area contributed by atoms with Crippen LogP contribution in [0.3, 0.4) is 0 Å². The molecular weight excluding hydrogens is 480 g/mol. The summed E-state index contributed by atoms with van der Waals surface area (Å²) in [4.78, 5) is 46.6. The third-order valence-corrected chi connectivity index (χ3v) is 6.23. The van der Waals surface area contributed by atoms with E-state index in [1.54, 1.807) is 0 Å². The van der Waals surface area contributed by atoms with Gasteiger partial charge in [-0.15, -0.1) is 0 Å². The molecule has 0 radical (unpaired) electrons. The SMILES string of the molecule is CCNC(=O)NSc1ccc2[nH]c3c(c2c1)CC(NC)CC3.O=C(O)CC(O)(CC(=O)O)C(=O)O.